The van der Waals surface area contributed by atoms with Gasteiger partial charge in [-0.05, 0) is 88.6 Å². The summed E-state index contributed by atoms with van der Waals surface area (Å²) in [6.07, 6.45) is 4.44. The molecule has 196 valence electrons. The molecular weight excluding hydrogens is 496 g/mol. The van der Waals surface area contributed by atoms with Gasteiger partial charge in [0, 0.05) is 30.5 Å². The number of hydrogen-bond acceptors (Lipinski definition) is 8. The Labute approximate surface area is 219 Å². The van der Waals surface area contributed by atoms with E-state index in [0.717, 1.165) is 60.4 Å². The molecular formula is C26H30N4O6S. The molecule has 37 heavy (non-hydrogen) atoms. The van der Waals surface area contributed by atoms with E-state index in [1.807, 2.05) is 30.5 Å². The maximum Gasteiger partial charge on any atom is 0.326 e. The highest BCUT2D eigenvalue weighted by Crippen LogP contribution is 2.36. The number of anilines is 1. The first-order chi connectivity index (χ1) is 17.6. The Bertz CT molecular complexity index is 1290. The smallest absolute Gasteiger partial charge is 0.326 e. The Hall–Kier alpha value is -3.60. The van der Waals surface area contributed by atoms with Crippen molar-refractivity contribution in [2.45, 2.75) is 53.1 Å². The van der Waals surface area contributed by atoms with Crippen molar-refractivity contribution in [2.75, 3.05) is 24.5 Å². The van der Waals surface area contributed by atoms with Crippen molar-refractivity contribution < 1.29 is 24.0 Å². The summed E-state index contributed by atoms with van der Waals surface area (Å²) < 4.78 is 6.95. The number of nitro benzene ring substituents is 1. The average Bonchev–Trinajstić information content (AvgIpc) is 3.27. The van der Waals surface area contributed by atoms with E-state index in [9.17, 15) is 24.5 Å². The predicted molar refractivity (Wildman–Crippen MR) is 142 cm³/mol. The van der Waals surface area contributed by atoms with Gasteiger partial charge in [0.15, 0.2) is 0 Å². The van der Waals surface area contributed by atoms with Gasteiger partial charge >= 0.3 is 5.97 Å². The van der Waals surface area contributed by atoms with Crippen LogP contribution in [0.2, 0.25) is 0 Å². The molecule has 0 aliphatic carbocycles. The molecule has 2 fully saturated rings. The summed E-state index contributed by atoms with van der Waals surface area (Å²) in [6.45, 7) is 8.28. The zero-order valence-electron chi connectivity index (χ0n) is 21.4. The second-order valence-corrected chi connectivity index (χ2v) is 10.4. The average molecular weight is 527 g/mol. The van der Waals surface area contributed by atoms with Crippen molar-refractivity contribution in [3.05, 3.63) is 56.2 Å². The molecule has 4 rings (SSSR count). The molecule has 0 atom stereocenters. The lowest BCUT2D eigenvalue weighted by Crippen LogP contribution is -2.35. The third kappa shape index (κ3) is 5.56. The number of aryl methyl sites for hydroxylation is 1. The molecule has 0 saturated carbocycles. The van der Waals surface area contributed by atoms with Crippen molar-refractivity contribution in [2.24, 2.45) is 0 Å². The number of nitrogens with zero attached hydrogens (tertiary/aromatic N) is 4. The maximum absolute atomic E-state index is 12.8. The van der Waals surface area contributed by atoms with Gasteiger partial charge in [-0.15, -0.1) is 0 Å². The standard InChI is InChI=1S/C26H30N4O6S/c1-16(2)36-24(31)15-28-25(32)23(37-26(28)33)13-19-12-17(3)29(18(19)4)20-8-9-21(22(14-20)30(34)35)27-10-6-5-7-11-27/h8-9,12-14,16H,5-7,10-11,15H2,1-4H3/b23-13-. The molecule has 1 aromatic carbocycles. The fourth-order valence-corrected chi connectivity index (χ4v) is 5.57. The number of rotatable bonds is 7. The Morgan fingerprint density at radius 2 is 1.86 bits per heavy atom. The van der Waals surface area contributed by atoms with Crippen LogP contribution in [0.15, 0.2) is 29.2 Å². The van der Waals surface area contributed by atoms with Gasteiger partial charge in [-0.25, -0.2) is 0 Å². The first-order valence-corrected chi connectivity index (χ1v) is 13.1. The highest BCUT2D eigenvalue weighted by molar-refractivity contribution is 8.18. The normalized spacial score (nSPS) is 17.3. The number of nitro groups is 1. The lowest BCUT2D eigenvalue weighted by molar-refractivity contribution is -0.384. The topological polar surface area (TPSA) is 115 Å². The quantitative estimate of drug-likeness (QED) is 0.215. The Balaban J connectivity index is 1.63. The van der Waals surface area contributed by atoms with Crippen LogP contribution in [0.1, 0.15) is 50.1 Å². The highest BCUT2D eigenvalue weighted by Gasteiger charge is 2.37. The molecule has 2 aliphatic heterocycles. The van der Waals surface area contributed by atoms with Crippen LogP contribution < -0.4 is 4.90 Å². The summed E-state index contributed by atoms with van der Waals surface area (Å²) in [5.74, 6) is -1.20. The number of imide groups is 1. The van der Waals surface area contributed by atoms with Crippen molar-refractivity contribution in [1.82, 2.24) is 9.47 Å². The molecule has 2 saturated heterocycles. The zero-order chi connectivity index (χ0) is 26.9. The number of carbonyl (C=O) groups is 3. The Morgan fingerprint density at radius 3 is 2.51 bits per heavy atom. The summed E-state index contributed by atoms with van der Waals surface area (Å²) in [6, 6.07) is 7.12. The van der Waals surface area contributed by atoms with Crippen molar-refractivity contribution in [3.63, 3.8) is 0 Å². The van der Waals surface area contributed by atoms with Crippen molar-refractivity contribution in [3.8, 4) is 5.69 Å². The minimum atomic E-state index is -0.647. The third-order valence-corrected chi connectivity index (χ3v) is 7.30. The summed E-state index contributed by atoms with van der Waals surface area (Å²) in [5, 5.41) is 11.4. The van der Waals surface area contributed by atoms with Gasteiger partial charge in [0.05, 0.1) is 21.6 Å². The zero-order valence-corrected chi connectivity index (χ0v) is 22.2. The maximum atomic E-state index is 12.8. The van der Waals surface area contributed by atoms with E-state index in [1.54, 1.807) is 32.1 Å². The molecule has 0 spiro atoms. The molecule has 11 heteroatoms. The number of benzene rings is 1. The minimum Gasteiger partial charge on any atom is -0.462 e. The molecule has 0 bridgehead atoms. The first-order valence-electron chi connectivity index (χ1n) is 12.2. The molecule has 3 heterocycles. The van der Waals surface area contributed by atoms with Gasteiger partial charge in [-0.1, -0.05) is 0 Å². The molecule has 0 N–H and O–H groups in total. The second kappa shape index (κ2) is 10.8. The highest BCUT2D eigenvalue weighted by atomic mass is 32.2. The number of ether oxygens (including phenoxy) is 1. The summed E-state index contributed by atoms with van der Waals surface area (Å²) in [4.78, 5) is 52.0. The van der Waals surface area contributed by atoms with E-state index in [2.05, 4.69) is 4.90 Å². The second-order valence-electron chi connectivity index (χ2n) is 9.45. The van der Waals surface area contributed by atoms with Crippen LogP contribution in [0.4, 0.5) is 16.2 Å². The van der Waals surface area contributed by atoms with Crippen LogP contribution in [0.3, 0.4) is 0 Å². The van der Waals surface area contributed by atoms with Crippen LogP contribution in [0.25, 0.3) is 11.8 Å². The van der Waals surface area contributed by atoms with Gasteiger partial charge in [0.1, 0.15) is 12.2 Å². The fourth-order valence-electron chi connectivity index (χ4n) is 4.74. The largest absolute Gasteiger partial charge is 0.462 e. The Morgan fingerprint density at radius 1 is 1.16 bits per heavy atom. The Kier molecular flexibility index (Phi) is 7.72. The number of thioether (sulfide) groups is 1. The number of esters is 1. The van der Waals surface area contributed by atoms with Crippen LogP contribution >= 0.6 is 11.8 Å². The number of hydrogen-bond donors (Lipinski definition) is 0. The number of amides is 2. The van der Waals surface area contributed by atoms with Crippen LogP contribution in [0, 0.1) is 24.0 Å². The van der Waals surface area contributed by atoms with Gasteiger partial charge in [0.25, 0.3) is 16.8 Å². The van der Waals surface area contributed by atoms with E-state index in [1.165, 1.54) is 0 Å². The summed E-state index contributed by atoms with van der Waals surface area (Å²) in [5.41, 5.74) is 3.62. The van der Waals surface area contributed by atoms with E-state index >= 15 is 0 Å². The SMILES string of the molecule is Cc1cc(/C=C2\SC(=O)N(CC(=O)OC(C)C)C2=O)c(C)n1-c1ccc(N2CCCCC2)c([N+](=O)[O-])c1. The molecule has 2 aliphatic rings. The molecule has 1 aromatic heterocycles. The van der Waals surface area contributed by atoms with Gasteiger partial charge < -0.3 is 14.2 Å². The van der Waals surface area contributed by atoms with E-state index in [4.69, 9.17) is 4.74 Å². The molecule has 0 unspecified atom stereocenters. The van der Waals surface area contributed by atoms with Gasteiger partial charge in [-0.3, -0.25) is 29.4 Å². The lowest BCUT2D eigenvalue weighted by Gasteiger charge is -2.28. The number of aromatic nitrogens is 1. The lowest BCUT2D eigenvalue weighted by atomic mass is 10.1. The van der Waals surface area contributed by atoms with Crippen molar-refractivity contribution >= 4 is 46.3 Å². The fraction of sp³-hybridized carbons (Fsp3) is 0.423. The van der Waals surface area contributed by atoms with Crippen LogP contribution in [0.5, 0.6) is 0 Å². The first kappa shape index (κ1) is 26.5. The predicted octanol–water partition coefficient (Wildman–Crippen LogP) is 4.98. The van der Waals surface area contributed by atoms with Gasteiger partial charge in [-0.2, -0.15) is 0 Å². The monoisotopic (exact) mass is 526 g/mol. The number of carbonyl (C=O) groups excluding carboxylic acids is 3. The molecule has 2 aromatic rings. The molecule has 2 amide bonds. The summed E-state index contributed by atoms with van der Waals surface area (Å²) in [7, 11) is 0. The van der Waals surface area contributed by atoms with Crippen molar-refractivity contribution in [1.29, 1.82) is 0 Å². The molecule has 0 radical (unpaired) electrons. The van der Waals surface area contributed by atoms with E-state index < -0.39 is 23.7 Å². The van der Waals surface area contributed by atoms with Crippen LogP contribution in [-0.2, 0) is 14.3 Å². The molecule has 10 nitrogen and oxygen atoms in total. The third-order valence-electron chi connectivity index (χ3n) is 6.40. The van der Waals surface area contributed by atoms with Gasteiger partial charge in [0.2, 0.25) is 0 Å². The summed E-state index contributed by atoms with van der Waals surface area (Å²) >= 11 is 0.768. The van der Waals surface area contributed by atoms with E-state index in [-0.39, 0.29) is 21.6 Å². The minimum absolute atomic E-state index is 0.0582. The van der Waals surface area contributed by atoms with Crippen LogP contribution in [-0.4, -0.2) is 57.2 Å². The van der Waals surface area contributed by atoms with E-state index in [0.29, 0.717) is 16.9 Å². The number of piperidine rings is 1.